The molecule has 150 valence electrons. The van der Waals surface area contributed by atoms with Crippen LogP contribution in [0.3, 0.4) is 0 Å². The Balaban J connectivity index is 2.26. The summed E-state index contributed by atoms with van der Waals surface area (Å²) in [7, 11) is 3.99. The first-order chi connectivity index (χ1) is 12.7. The van der Waals surface area contributed by atoms with Crippen molar-refractivity contribution in [3.8, 4) is 0 Å². The molecule has 0 aromatic heterocycles. The molecule has 0 unspecified atom stereocenters. The zero-order chi connectivity index (χ0) is 20.1. The molecule has 27 heavy (non-hydrogen) atoms. The van der Waals surface area contributed by atoms with E-state index in [0.717, 1.165) is 36.2 Å². The smallest absolute Gasteiger partial charge is 0.319 e. The summed E-state index contributed by atoms with van der Waals surface area (Å²) in [5.41, 5.74) is 2.83. The van der Waals surface area contributed by atoms with Crippen LogP contribution in [0, 0.1) is 5.92 Å². The van der Waals surface area contributed by atoms with Crippen LogP contribution in [0.4, 0.5) is 16.2 Å². The molecule has 1 aromatic rings. The van der Waals surface area contributed by atoms with Gasteiger partial charge in [-0.1, -0.05) is 6.92 Å². The highest BCUT2D eigenvalue weighted by atomic mass is 16.2. The summed E-state index contributed by atoms with van der Waals surface area (Å²) < 4.78 is 0. The maximum atomic E-state index is 12.8. The van der Waals surface area contributed by atoms with E-state index in [1.54, 1.807) is 0 Å². The van der Waals surface area contributed by atoms with Gasteiger partial charge in [0.15, 0.2) is 0 Å². The number of carbonyl (C=O) groups excluding carboxylic acids is 2. The maximum absolute atomic E-state index is 12.8. The zero-order valence-corrected chi connectivity index (χ0v) is 17.5. The predicted octanol–water partition coefficient (Wildman–Crippen LogP) is 3.82. The van der Waals surface area contributed by atoms with Crippen LogP contribution < -0.4 is 15.5 Å². The molecular weight excluding hydrogens is 340 g/mol. The number of rotatable bonds is 8. The summed E-state index contributed by atoms with van der Waals surface area (Å²) in [5.74, 6) is 0.449. The average Bonchev–Trinajstić information content (AvgIpc) is 3.42. The summed E-state index contributed by atoms with van der Waals surface area (Å²) in [6.07, 6.45) is 2.93. The highest BCUT2D eigenvalue weighted by Gasteiger charge is 2.35. The Hall–Kier alpha value is -2.24. The maximum Gasteiger partial charge on any atom is 0.319 e. The predicted molar refractivity (Wildman–Crippen MR) is 111 cm³/mol. The fourth-order valence-electron chi connectivity index (χ4n) is 3.08. The van der Waals surface area contributed by atoms with Crippen LogP contribution in [0.1, 0.15) is 52.5 Å². The lowest BCUT2D eigenvalue weighted by molar-refractivity contribution is -0.135. The van der Waals surface area contributed by atoms with Gasteiger partial charge >= 0.3 is 6.03 Å². The fourth-order valence-corrected chi connectivity index (χ4v) is 3.08. The van der Waals surface area contributed by atoms with Gasteiger partial charge in [0, 0.05) is 50.0 Å². The van der Waals surface area contributed by atoms with E-state index in [1.165, 1.54) is 0 Å². The van der Waals surface area contributed by atoms with Gasteiger partial charge in [0.2, 0.25) is 5.91 Å². The van der Waals surface area contributed by atoms with Crippen LogP contribution in [-0.4, -0.2) is 43.0 Å². The van der Waals surface area contributed by atoms with Crippen molar-refractivity contribution in [2.45, 2.75) is 65.6 Å². The standard InChI is InChI=1S/C21H34N4O2/c1-7-15(4)25(20(26)16-8-9-16)13-17-12-18(10-11-19(17)24(5)6)23-21(27)22-14(2)3/h10-12,14-16H,7-9,13H2,1-6H3,(H2,22,23,27)/t15-/m0/s1. The summed E-state index contributed by atoms with van der Waals surface area (Å²) in [5, 5.41) is 5.72. The first-order valence-electron chi connectivity index (χ1n) is 9.91. The number of urea groups is 1. The van der Waals surface area contributed by atoms with Gasteiger partial charge in [-0.3, -0.25) is 4.79 Å². The minimum absolute atomic E-state index is 0.0718. The lowest BCUT2D eigenvalue weighted by Gasteiger charge is -2.31. The van der Waals surface area contributed by atoms with Crippen LogP contribution in [0.5, 0.6) is 0 Å². The summed E-state index contributed by atoms with van der Waals surface area (Å²) in [6.45, 7) is 8.62. The van der Waals surface area contributed by atoms with Gasteiger partial charge in [-0.15, -0.1) is 0 Å². The van der Waals surface area contributed by atoms with Crippen molar-refractivity contribution in [3.05, 3.63) is 23.8 Å². The molecule has 6 nitrogen and oxygen atoms in total. The molecule has 1 aliphatic rings. The van der Waals surface area contributed by atoms with Crippen molar-refractivity contribution in [2.24, 2.45) is 5.92 Å². The van der Waals surface area contributed by atoms with E-state index in [-0.39, 0.29) is 29.9 Å². The number of hydrogen-bond donors (Lipinski definition) is 2. The van der Waals surface area contributed by atoms with E-state index in [4.69, 9.17) is 0 Å². The summed E-state index contributed by atoms with van der Waals surface area (Å²) in [6, 6.07) is 5.91. The van der Waals surface area contributed by atoms with Crippen LogP contribution in [0.25, 0.3) is 0 Å². The number of nitrogens with zero attached hydrogens (tertiary/aromatic N) is 2. The lowest BCUT2D eigenvalue weighted by atomic mass is 10.1. The Morgan fingerprint density at radius 2 is 1.85 bits per heavy atom. The number of amides is 3. The fraction of sp³-hybridized carbons (Fsp3) is 0.619. The SMILES string of the molecule is CC[C@H](C)N(Cc1cc(NC(=O)NC(C)C)ccc1N(C)C)C(=O)C1CC1. The van der Waals surface area contributed by atoms with Crippen molar-refractivity contribution < 1.29 is 9.59 Å². The second-order valence-corrected chi connectivity index (χ2v) is 7.99. The number of carbonyl (C=O) groups is 2. The van der Waals surface area contributed by atoms with Gasteiger partial charge in [-0.05, 0) is 63.8 Å². The topological polar surface area (TPSA) is 64.7 Å². The van der Waals surface area contributed by atoms with E-state index in [9.17, 15) is 9.59 Å². The molecule has 1 atom stereocenters. The monoisotopic (exact) mass is 374 g/mol. The molecule has 0 heterocycles. The molecule has 6 heteroatoms. The molecule has 2 rings (SSSR count). The van der Waals surface area contributed by atoms with E-state index in [0.29, 0.717) is 6.54 Å². The Bertz CT molecular complexity index is 668. The third-order valence-electron chi connectivity index (χ3n) is 4.91. The molecule has 2 N–H and O–H groups in total. The molecule has 3 amide bonds. The lowest BCUT2D eigenvalue weighted by Crippen LogP contribution is -2.39. The molecule has 1 fully saturated rings. The third-order valence-corrected chi connectivity index (χ3v) is 4.91. The van der Waals surface area contributed by atoms with Crippen molar-refractivity contribution in [3.63, 3.8) is 0 Å². The minimum atomic E-state index is -0.221. The molecule has 0 saturated heterocycles. The first kappa shape index (κ1) is 21.1. The van der Waals surface area contributed by atoms with Gasteiger partial charge in [0.1, 0.15) is 0 Å². The molecule has 1 saturated carbocycles. The molecular formula is C21H34N4O2. The number of anilines is 2. The van der Waals surface area contributed by atoms with Gasteiger partial charge in [-0.2, -0.15) is 0 Å². The molecule has 0 bridgehead atoms. The van der Waals surface area contributed by atoms with Gasteiger partial charge < -0.3 is 20.4 Å². The van der Waals surface area contributed by atoms with Crippen molar-refractivity contribution >= 4 is 23.3 Å². The molecule has 0 spiro atoms. The Morgan fingerprint density at radius 3 is 2.37 bits per heavy atom. The van der Waals surface area contributed by atoms with Crippen LogP contribution in [0.2, 0.25) is 0 Å². The highest BCUT2D eigenvalue weighted by molar-refractivity contribution is 5.90. The van der Waals surface area contributed by atoms with Crippen LogP contribution >= 0.6 is 0 Å². The van der Waals surface area contributed by atoms with Gasteiger partial charge in [0.05, 0.1) is 0 Å². The second kappa shape index (κ2) is 9.11. The number of hydrogen-bond acceptors (Lipinski definition) is 3. The Kier molecular flexibility index (Phi) is 7.11. The van der Waals surface area contributed by atoms with E-state index >= 15 is 0 Å². The minimum Gasteiger partial charge on any atom is -0.377 e. The summed E-state index contributed by atoms with van der Waals surface area (Å²) in [4.78, 5) is 28.9. The molecule has 1 aliphatic carbocycles. The first-order valence-corrected chi connectivity index (χ1v) is 9.91. The molecule has 0 radical (unpaired) electrons. The van der Waals surface area contributed by atoms with Crippen molar-refractivity contribution in [1.29, 1.82) is 0 Å². The second-order valence-electron chi connectivity index (χ2n) is 7.99. The van der Waals surface area contributed by atoms with Crippen molar-refractivity contribution in [1.82, 2.24) is 10.2 Å². The molecule has 0 aliphatic heterocycles. The summed E-state index contributed by atoms with van der Waals surface area (Å²) >= 11 is 0. The van der Waals surface area contributed by atoms with Crippen molar-refractivity contribution in [2.75, 3.05) is 24.3 Å². The number of benzene rings is 1. The Morgan fingerprint density at radius 1 is 1.19 bits per heavy atom. The van der Waals surface area contributed by atoms with E-state index in [2.05, 4.69) is 24.5 Å². The van der Waals surface area contributed by atoms with Crippen LogP contribution in [-0.2, 0) is 11.3 Å². The Labute approximate surface area is 163 Å². The van der Waals surface area contributed by atoms with Gasteiger partial charge in [-0.25, -0.2) is 4.79 Å². The van der Waals surface area contributed by atoms with Crippen LogP contribution in [0.15, 0.2) is 18.2 Å². The average molecular weight is 375 g/mol. The van der Waals surface area contributed by atoms with E-state index < -0.39 is 0 Å². The third kappa shape index (κ3) is 5.88. The molecule has 1 aromatic carbocycles. The quantitative estimate of drug-likeness (QED) is 0.727. The normalized spacial score (nSPS) is 14.6. The zero-order valence-electron chi connectivity index (χ0n) is 17.5. The van der Waals surface area contributed by atoms with E-state index in [1.807, 2.05) is 55.9 Å². The largest absolute Gasteiger partial charge is 0.377 e. The van der Waals surface area contributed by atoms with Gasteiger partial charge in [0.25, 0.3) is 0 Å². The number of nitrogens with one attached hydrogen (secondary N) is 2. The highest BCUT2D eigenvalue weighted by Crippen LogP contribution is 2.33.